The molecule has 1 aliphatic carbocycles. The van der Waals surface area contributed by atoms with Gasteiger partial charge in [0.1, 0.15) is 42.4 Å². The highest BCUT2D eigenvalue weighted by molar-refractivity contribution is 5.91. The molecule has 2 heterocycles. The SMILES string of the molecule is C=C1C(=O)O[C@@H]2/C=C(\C)[C@H](O[C@@H]3O[C@H](CO)[C@@H](O)[C@H](O)[C@H]3O)C/C=C(\C)[C@@H](OC(=O)Cc3ccc(OC)cc3)C[C@@H]12. The van der Waals surface area contributed by atoms with Gasteiger partial charge in [0.25, 0.3) is 0 Å². The number of benzene rings is 1. The van der Waals surface area contributed by atoms with Gasteiger partial charge in [0.2, 0.25) is 0 Å². The van der Waals surface area contributed by atoms with Crippen LogP contribution in [0.15, 0.2) is 59.7 Å². The van der Waals surface area contributed by atoms with Crippen molar-refractivity contribution < 1.29 is 53.7 Å². The van der Waals surface area contributed by atoms with Gasteiger partial charge in [-0.05, 0) is 61.6 Å². The Labute approximate surface area is 238 Å². The van der Waals surface area contributed by atoms with E-state index in [1.54, 1.807) is 44.4 Å². The summed E-state index contributed by atoms with van der Waals surface area (Å²) in [5.41, 5.74) is 2.41. The number of carbonyl (C=O) groups is 2. The number of hydrogen-bond donors (Lipinski definition) is 4. The average molecular weight is 575 g/mol. The molecular formula is C30H38O11. The van der Waals surface area contributed by atoms with E-state index in [9.17, 15) is 30.0 Å². The zero-order valence-electron chi connectivity index (χ0n) is 23.3. The van der Waals surface area contributed by atoms with Crippen LogP contribution in [0, 0.1) is 5.92 Å². The zero-order chi connectivity index (χ0) is 29.8. The van der Waals surface area contributed by atoms with Crippen molar-refractivity contribution in [2.24, 2.45) is 5.92 Å². The fourth-order valence-electron chi connectivity index (χ4n) is 5.21. The summed E-state index contributed by atoms with van der Waals surface area (Å²) in [6.45, 7) is 6.91. The van der Waals surface area contributed by atoms with Crippen LogP contribution in [0.1, 0.15) is 32.3 Å². The molecular weight excluding hydrogens is 536 g/mol. The Morgan fingerprint density at radius 1 is 1.05 bits per heavy atom. The minimum atomic E-state index is -1.59. The minimum Gasteiger partial charge on any atom is -0.497 e. The lowest BCUT2D eigenvalue weighted by atomic mass is 9.86. The molecule has 2 saturated heterocycles. The molecule has 9 atom stereocenters. The van der Waals surface area contributed by atoms with E-state index in [0.717, 1.165) is 11.1 Å². The Kier molecular flexibility index (Phi) is 10.0. The maximum absolute atomic E-state index is 13.0. The van der Waals surface area contributed by atoms with Gasteiger partial charge < -0.3 is 44.1 Å². The van der Waals surface area contributed by atoms with Crippen molar-refractivity contribution >= 4 is 11.9 Å². The highest BCUT2D eigenvalue weighted by Gasteiger charge is 2.45. The Morgan fingerprint density at radius 2 is 1.76 bits per heavy atom. The second-order valence-corrected chi connectivity index (χ2v) is 10.7. The van der Waals surface area contributed by atoms with E-state index in [1.807, 2.05) is 13.0 Å². The molecule has 2 fully saturated rings. The van der Waals surface area contributed by atoms with Crippen molar-refractivity contribution in [2.75, 3.05) is 13.7 Å². The number of rotatable bonds is 7. The Bertz CT molecular complexity index is 1170. The van der Waals surface area contributed by atoms with Crippen molar-refractivity contribution in [3.63, 3.8) is 0 Å². The smallest absolute Gasteiger partial charge is 0.334 e. The first-order valence-corrected chi connectivity index (χ1v) is 13.6. The average Bonchev–Trinajstić information content (AvgIpc) is 3.21. The van der Waals surface area contributed by atoms with Crippen LogP contribution in [-0.4, -0.2) is 95.1 Å². The molecule has 0 amide bonds. The van der Waals surface area contributed by atoms with Crippen molar-refractivity contribution in [1.82, 2.24) is 0 Å². The zero-order valence-corrected chi connectivity index (χ0v) is 23.3. The Balaban J connectivity index is 1.56. The normalized spacial score (nSPS) is 36.7. The summed E-state index contributed by atoms with van der Waals surface area (Å²) in [5.74, 6) is -0.782. The predicted molar refractivity (Wildman–Crippen MR) is 144 cm³/mol. The molecule has 2 aliphatic heterocycles. The maximum Gasteiger partial charge on any atom is 0.334 e. The largest absolute Gasteiger partial charge is 0.497 e. The third-order valence-electron chi connectivity index (χ3n) is 7.84. The minimum absolute atomic E-state index is 0.0418. The third-order valence-corrected chi connectivity index (χ3v) is 7.84. The molecule has 11 nitrogen and oxygen atoms in total. The van der Waals surface area contributed by atoms with E-state index in [4.69, 9.17) is 23.7 Å². The number of hydrogen-bond acceptors (Lipinski definition) is 11. The lowest BCUT2D eigenvalue weighted by Crippen LogP contribution is -2.59. The van der Waals surface area contributed by atoms with Gasteiger partial charge in [0, 0.05) is 11.5 Å². The Morgan fingerprint density at radius 3 is 2.41 bits per heavy atom. The summed E-state index contributed by atoms with van der Waals surface area (Å²) >= 11 is 0. The van der Waals surface area contributed by atoms with Crippen LogP contribution in [0.4, 0.5) is 0 Å². The van der Waals surface area contributed by atoms with Crippen LogP contribution in [0.2, 0.25) is 0 Å². The fraction of sp³-hybridized carbons (Fsp3) is 0.533. The number of esters is 2. The molecule has 11 heteroatoms. The van der Waals surface area contributed by atoms with Gasteiger partial charge in [-0.25, -0.2) is 4.79 Å². The second kappa shape index (κ2) is 13.3. The van der Waals surface area contributed by atoms with Crippen molar-refractivity contribution in [2.45, 2.75) is 82.1 Å². The van der Waals surface area contributed by atoms with Crippen LogP contribution in [0.5, 0.6) is 5.75 Å². The highest BCUT2D eigenvalue weighted by atomic mass is 16.7. The van der Waals surface area contributed by atoms with E-state index in [0.29, 0.717) is 11.3 Å². The first-order chi connectivity index (χ1) is 19.5. The van der Waals surface area contributed by atoms with Gasteiger partial charge in [-0.3, -0.25) is 4.79 Å². The van der Waals surface area contributed by atoms with Gasteiger partial charge in [-0.2, -0.15) is 0 Å². The van der Waals surface area contributed by atoms with Gasteiger partial charge in [0.05, 0.1) is 26.2 Å². The van der Waals surface area contributed by atoms with E-state index in [2.05, 4.69) is 6.58 Å². The summed E-state index contributed by atoms with van der Waals surface area (Å²) in [6, 6.07) is 7.09. The molecule has 0 bridgehead atoms. The first kappa shape index (κ1) is 30.9. The van der Waals surface area contributed by atoms with Gasteiger partial charge in [-0.1, -0.05) is 24.8 Å². The number of aliphatic hydroxyl groups is 4. The lowest BCUT2D eigenvalue weighted by Gasteiger charge is -2.41. The van der Waals surface area contributed by atoms with Gasteiger partial charge >= 0.3 is 11.9 Å². The second-order valence-electron chi connectivity index (χ2n) is 10.7. The summed E-state index contributed by atoms with van der Waals surface area (Å²) in [5, 5.41) is 40.4. The predicted octanol–water partition coefficient (Wildman–Crippen LogP) is 1.12. The molecule has 0 radical (unpaired) electrons. The van der Waals surface area contributed by atoms with E-state index in [-0.39, 0.29) is 24.8 Å². The molecule has 224 valence electrons. The van der Waals surface area contributed by atoms with Gasteiger partial charge in [0.15, 0.2) is 6.29 Å². The summed E-state index contributed by atoms with van der Waals surface area (Å²) in [7, 11) is 1.56. The highest BCUT2D eigenvalue weighted by Crippen LogP contribution is 2.36. The molecule has 4 N–H and O–H groups in total. The topological polar surface area (TPSA) is 161 Å². The quantitative estimate of drug-likeness (QED) is 0.210. The maximum atomic E-state index is 13.0. The van der Waals surface area contributed by atoms with Crippen molar-refractivity contribution in [3.05, 3.63) is 65.3 Å². The molecule has 0 saturated carbocycles. The van der Waals surface area contributed by atoms with E-state index < -0.39 is 73.5 Å². The van der Waals surface area contributed by atoms with Crippen LogP contribution in [-0.2, 0) is 35.0 Å². The molecule has 0 aromatic heterocycles. The molecule has 3 aliphatic rings. The van der Waals surface area contributed by atoms with Crippen LogP contribution >= 0.6 is 0 Å². The number of aliphatic hydroxyl groups excluding tert-OH is 4. The summed E-state index contributed by atoms with van der Waals surface area (Å²) < 4.78 is 28.3. The number of fused-ring (bicyclic) bond motifs is 1. The van der Waals surface area contributed by atoms with Crippen LogP contribution in [0.3, 0.4) is 0 Å². The molecule has 41 heavy (non-hydrogen) atoms. The fourth-order valence-corrected chi connectivity index (χ4v) is 5.21. The van der Waals surface area contributed by atoms with Crippen LogP contribution < -0.4 is 4.74 Å². The third kappa shape index (κ3) is 7.06. The van der Waals surface area contributed by atoms with Crippen LogP contribution in [0.25, 0.3) is 0 Å². The number of carbonyl (C=O) groups excluding carboxylic acids is 2. The number of methoxy groups -OCH3 is 1. The Hall–Kier alpha value is -3.06. The van der Waals surface area contributed by atoms with E-state index >= 15 is 0 Å². The van der Waals surface area contributed by atoms with Crippen molar-refractivity contribution in [1.29, 1.82) is 0 Å². The molecule has 1 aromatic rings. The first-order valence-electron chi connectivity index (χ1n) is 13.6. The monoisotopic (exact) mass is 574 g/mol. The standard InChI is InChI=1S/C30H38O11/c1-15-5-10-21(40-30-28(35)27(34)26(33)24(14-31)41-30)16(2)11-23-20(17(3)29(36)39-23)13-22(15)38-25(32)12-18-6-8-19(37-4)9-7-18/h5-9,11,20-24,26-28,30-31,33-35H,3,10,12-14H2,1-2,4H3/b15-5+,16-11+/t20-,21+,22-,23+,24+,26+,27-,28+,30+/m0/s1. The van der Waals surface area contributed by atoms with Crippen molar-refractivity contribution in [3.8, 4) is 5.75 Å². The molecule has 1 aromatic carbocycles. The summed E-state index contributed by atoms with van der Waals surface area (Å²) in [4.78, 5) is 25.4. The summed E-state index contributed by atoms with van der Waals surface area (Å²) in [6.07, 6.45) is -5.08. The van der Waals surface area contributed by atoms with Gasteiger partial charge in [-0.15, -0.1) is 0 Å². The molecule has 0 spiro atoms. The van der Waals surface area contributed by atoms with E-state index in [1.165, 1.54) is 0 Å². The lowest BCUT2D eigenvalue weighted by molar-refractivity contribution is -0.308. The molecule has 0 unspecified atom stereocenters. The molecule has 4 rings (SSSR count). The number of ether oxygens (including phenoxy) is 5.